The average molecular weight is 420 g/mol. The van der Waals surface area contributed by atoms with Crippen molar-refractivity contribution in [1.82, 2.24) is 15.5 Å². The van der Waals surface area contributed by atoms with Crippen LogP contribution in [0.1, 0.15) is 17.5 Å². The molecule has 0 aliphatic carbocycles. The summed E-state index contributed by atoms with van der Waals surface area (Å²) < 4.78 is 5.03. The average Bonchev–Trinajstić information content (AvgIpc) is 2.47. The quantitative estimate of drug-likeness (QED) is 0.293. The van der Waals surface area contributed by atoms with Crippen LogP contribution in [0.2, 0.25) is 0 Å². The van der Waals surface area contributed by atoms with Gasteiger partial charge in [0.2, 0.25) is 0 Å². The van der Waals surface area contributed by atoms with Crippen molar-refractivity contribution in [2.75, 3.05) is 41.4 Å². The van der Waals surface area contributed by atoms with Gasteiger partial charge in [-0.05, 0) is 31.6 Å². The number of rotatable bonds is 8. The standard InChI is InChI=1S/C16H28N4O.HI/c1-17-16(18-10-7-11-21-4)19-12-14-8-5-6-9-15(14)13-20(2)3;/h5-6,8-9H,7,10-13H2,1-4H3,(H2,17,18,19);1H. The van der Waals surface area contributed by atoms with Crippen LogP contribution in [-0.4, -0.2) is 52.3 Å². The lowest BCUT2D eigenvalue weighted by molar-refractivity contribution is 0.195. The summed E-state index contributed by atoms with van der Waals surface area (Å²) in [6, 6.07) is 8.49. The molecule has 0 aromatic heterocycles. The van der Waals surface area contributed by atoms with Crippen LogP contribution in [0, 0.1) is 0 Å². The molecule has 0 spiro atoms. The zero-order valence-corrected chi connectivity index (χ0v) is 16.4. The first-order valence-corrected chi connectivity index (χ1v) is 7.32. The molecule has 0 atom stereocenters. The van der Waals surface area contributed by atoms with Crippen LogP contribution in [0.4, 0.5) is 0 Å². The van der Waals surface area contributed by atoms with Gasteiger partial charge in [-0.3, -0.25) is 4.99 Å². The van der Waals surface area contributed by atoms with E-state index in [-0.39, 0.29) is 24.0 Å². The highest BCUT2D eigenvalue weighted by atomic mass is 127. The minimum absolute atomic E-state index is 0. The van der Waals surface area contributed by atoms with E-state index in [9.17, 15) is 0 Å². The molecule has 0 saturated heterocycles. The second kappa shape index (κ2) is 12.7. The molecule has 0 aliphatic heterocycles. The molecule has 0 radical (unpaired) electrons. The smallest absolute Gasteiger partial charge is 0.191 e. The van der Waals surface area contributed by atoms with Crippen molar-refractivity contribution < 1.29 is 4.74 Å². The van der Waals surface area contributed by atoms with Crippen LogP contribution in [0.5, 0.6) is 0 Å². The number of aliphatic imine (C=N–C) groups is 1. The van der Waals surface area contributed by atoms with Gasteiger partial charge in [-0.2, -0.15) is 0 Å². The predicted molar refractivity (Wildman–Crippen MR) is 104 cm³/mol. The first-order chi connectivity index (χ1) is 10.2. The Hall–Kier alpha value is -0.860. The Labute approximate surface area is 151 Å². The van der Waals surface area contributed by atoms with E-state index < -0.39 is 0 Å². The van der Waals surface area contributed by atoms with Crippen molar-refractivity contribution in [2.24, 2.45) is 4.99 Å². The summed E-state index contributed by atoms with van der Waals surface area (Å²) in [5.74, 6) is 0.825. The maximum Gasteiger partial charge on any atom is 0.191 e. The number of nitrogens with one attached hydrogen (secondary N) is 2. The van der Waals surface area contributed by atoms with Gasteiger partial charge in [0.1, 0.15) is 0 Å². The number of halogens is 1. The molecule has 0 amide bonds. The van der Waals surface area contributed by atoms with E-state index in [1.54, 1.807) is 14.2 Å². The molecule has 1 rings (SSSR count). The van der Waals surface area contributed by atoms with Gasteiger partial charge in [0.15, 0.2) is 5.96 Å². The van der Waals surface area contributed by atoms with Crippen LogP contribution in [0.15, 0.2) is 29.3 Å². The highest BCUT2D eigenvalue weighted by Crippen LogP contribution is 2.10. The first-order valence-electron chi connectivity index (χ1n) is 7.32. The third kappa shape index (κ3) is 8.55. The lowest BCUT2D eigenvalue weighted by Crippen LogP contribution is -2.37. The van der Waals surface area contributed by atoms with Crippen LogP contribution < -0.4 is 10.6 Å². The van der Waals surface area contributed by atoms with E-state index in [1.165, 1.54) is 11.1 Å². The number of guanidine groups is 1. The van der Waals surface area contributed by atoms with Crippen molar-refractivity contribution in [1.29, 1.82) is 0 Å². The molecular weight excluding hydrogens is 391 g/mol. The third-order valence-electron chi connectivity index (χ3n) is 3.09. The van der Waals surface area contributed by atoms with E-state index in [1.807, 2.05) is 0 Å². The Bertz CT molecular complexity index is 438. The Morgan fingerprint density at radius 1 is 1.18 bits per heavy atom. The number of benzene rings is 1. The summed E-state index contributed by atoms with van der Waals surface area (Å²) in [6.07, 6.45) is 0.967. The zero-order valence-electron chi connectivity index (χ0n) is 14.1. The van der Waals surface area contributed by atoms with E-state index in [0.29, 0.717) is 0 Å². The molecule has 0 aliphatic rings. The number of nitrogens with zero attached hydrogens (tertiary/aromatic N) is 2. The molecule has 6 heteroatoms. The third-order valence-corrected chi connectivity index (χ3v) is 3.09. The van der Waals surface area contributed by atoms with E-state index >= 15 is 0 Å². The fourth-order valence-electron chi connectivity index (χ4n) is 2.05. The van der Waals surface area contributed by atoms with Gasteiger partial charge in [-0.15, -0.1) is 24.0 Å². The summed E-state index contributed by atoms with van der Waals surface area (Å²) in [4.78, 5) is 6.41. The lowest BCUT2D eigenvalue weighted by Gasteiger charge is -2.16. The molecule has 0 heterocycles. The van der Waals surface area contributed by atoms with Gasteiger partial charge >= 0.3 is 0 Å². The summed E-state index contributed by atoms with van der Waals surface area (Å²) >= 11 is 0. The minimum atomic E-state index is 0. The molecule has 1 aromatic carbocycles. The molecule has 126 valence electrons. The van der Waals surface area contributed by atoms with Gasteiger partial charge in [-0.1, -0.05) is 24.3 Å². The molecule has 22 heavy (non-hydrogen) atoms. The Kier molecular flexibility index (Phi) is 12.2. The maximum atomic E-state index is 5.03. The Balaban J connectivity index is 0.00000441. The minimum Gasteiger partial charge on any atom is -0.385 e. The van der Waals surface area contributed by atoms with Gasteiger partial charge in [0.25, 0.3) is 0 Å². The monoisotopic (exact) mass is 420 g/mol. The number of methoxy groups -OCH3 is 1. The van der Waals surface area contributed by atoms with Crippen LogP contribution in [0.25, 0.3) is 0 Å². The molecule has 5 nitrogen and oxygen atoms in total. The highest BCUT2D eigenvalue weighted by Gasteiger charge is 2.04. The maximum absolute atomic E-state index is 5.03. The van der Waals surface area contributed by atoms with Crippen molar-refractivity contribution in [3.8, 4) is 0 Å². The summed E-state index contributed by atoms with van der Waals surface area (Å²) in [6.45, 7) is 3.33. The molecular formula is C16H29IN4O. The van der Waals surface area contributed by atoms with Crippen LogP contribution in [-0.2, 0) is 17.8 Å². The molecule has 0 saturated carbocycles. The Morgan fingerprint density at radius 2 is 1.86 bits per heavy atom. The summed E-state index contributed by atoms with van der Waals surface area (Å²) in [5.41, 5.74) is 2.64. The summed E-state index contributed by atoms with van der Waals surface area (Å²) in [5, 5.41) is 6.64. The van der Waals surface area contributed by atoms with E-state index in [0.717, 1.165) is 38.6 Å². The number of hydrogen-bond donors (Lipinski definition) is 2. The van der Waals surface area contributed by atoms with Crippen molar-refractivity contribution in [3.05, 3.63) is 35.4 Å². The van der Waals surface area contributed by atoms with Gasteiger partial charge in [0.05, 0.1) is 0 Å². The zero-order chi connectivity index (χ0) is 15.5. The normalized spacial score (nSPS) is 11.2. The highest BCUT2D eigenvalue weighted by molar-refractivity contribution is 14.0. The molecule has 2 N–H and O–H groups in total. The molecule has 0 fully saturated rings. The Morgan fingerprint density at radius 3 is 2.45 bits per heavy atom. The molecule has 1 aromatic rings. The lowest BCUT2D eigenvalue weighted by atomic mass is 10.1. The number of hydrogen-bond acceptors (Lipinski definition) is 3. The van der Waals surface area contributed by atoms with E-state index in [2.05, 4.69) is 58.9 Å². The molecule has 0 unspecified atom stereocenters. The van der Waals surface area contributed by atoms with Crippen LogP contribution in [0.3, 0.4) is 0 Å². The fraction of sp³-hybridized carbons (Fsp3) is 0.562. The van der Waals surface area contributed by atoms with Crippen molar-refractivity contribution in [3.63, 3.8) is 0 Å². The first kappa shape index (κ1) is 21.1. The van der Waals surface area contributed by atoms with Gasteiger partial charge < -0.3 is 20.3 Å². The number of ether oxygens (including phenoxy) is 1. The summed E-state index contributed by atoms with van der Waals surface area (Å²) in [7, 11) is 7.67. The largest absolute Gasteiger partial charge is 0.385 e. The predicted octanol–water partition coefficient (Wildman–Crippen LogP) is 2.07. The van der Waals surface area contributed by atoms with Gasteiger partial charge in [-0.25, -0.2) is 0 Å². The second-order valence-electron chi connectivity index (χ2n) is 5.21. The van der Waals surface area contributed by atoms with E-state index in [4.69, 9.17) is 4.74 Å². The van der Waals surface area contributed by atoms with Crippen molar-refractivity contribution in [2.45, 2.75) is 19.5 Å². The second-order valence-corrected chi connectivity index (χ2v) is 5.21. The van der Waals surface area contributed by atoms with Crippen LogP contribution >= 0.6 is 24.0 Å². The fourth-order valence-corrected chi connectivity index (χ4v) is 2.05. The van der Waals surface area contributed by atoms with Gasteiger partial charge in [0, 0.05) is 40.4 Å². The SMILES string of the molecule is CN=C(NCCCOC)NCc1ccccc1CN(C)C.I. The topological polar surface area (TPSA) is 48.9 Å². The van der Waals surface area contributed by atoms with Crippen molar-refractivity contribution >= 4 is 29.9 Å². The molecule has 0 bridgehead atoms.